The molecule has 0 unspecified atom stereocenters. The maximum Gasteiger partial charge on any atom is 0.246 e. The van der Waals surface area contributed by atoms with Crippen molar-refractivity contribution in [2.75, 3.05) is 50.1 Å². The van der Waals surface area contributed by atoms with Crippen LogP contribution in [0.25, 0.3) is 0 Å². The summed E-state index contributed by atoms with van der Waals surface area (Å²) in [5.74, 6) is 2.07. The van der Waals surface area contributed by atoms with E-state index < -0.39 is 0 Å². The van der Waals surface area contributed by atoms with Gasteiger partial charge in [0, 0.05) is 39.9 Å². The molecule has 0 aromatic carbocycles. The van der Waals surface area contributed by atoms with Crippen LogP contribution in [0.2, 0.25) is 0 Å². The van der Waals surface area contributed by atoms with E-state index in [1.54, 1.807) is 22.8 Å². The van der Waals surface area contributed by atoms with Crippen molar-refractivity contribution in [2.45, 2.75) is 12.8 Å². The van der Waals surface area contributed by atoms with E-state index in [4.69, 9.17) is 0 Å². The average molecular weight is 338 g/mol. The van der Waals surface area contributed by atoms with Crippen LogP contribution in [0.3, 0.4) is 0 Å². The van der Waals surface area contributed by atoms with Crippen molar-refractivity contribution < 1.29 is 4.79 Å². The van der Waals surface area contributed by atoms with Gasteiger partial charge in [0.15, 0.2) is 5.96 Å². The van der Waals surface area contributed by atoms with Crippen LogP contribution in [-0.2, 0) is 11.8 Å². The van der Waals surface area contributed by atoms with E-state index in [1.807, 2.05) is 29.9 Å². The number of aliphatic imine (C=N–C) groups is 1. The fourth-order valence-corrected chi connectivity index (χ4v) is 3.07. The summed E-state index contributed by atoms with van der Waals surface area (Å²) in [4.78, 5) is 20.5. The number of thioether (sulfide) groups is 1. The quantitative estimate of drug-likeness (QED) is 0.472. The van der Waals surface area contributed by atoms with Gasteiger partial charge in [-0.15, -0.1) is 0 Å². The number of hydrogen-bond donors (Lipinski definition) is 1. The number of rotatable bonds is 6. The molecule has 1 aromatic heterocycles. The summed E-state index contributed by atoms with van der Waals surface area (Å²) in [6.45, 7) is 2.66. The molecule has 1 amide bonds. The predicted octanol–water partition coefficient (Wildman–Crippen LogP) is 0.787. The summed E-state index contributed by atoms with van der Waals surface area (Å²) < 4.78 is 1.71. The summed E-state index contributed by atoms with van der Waals surface area (Å²) in [5, 5.41) is 7.49. The van der Waals surface area contributed by atoms with Crippen molar-refractivity contribution in [3.63, 3.8) is 0 Å². The molecule has 1 aromatic rings. The highest BCUT2D eigenvalue weighted by Gasteiger charge is 2.27. The van der Waals surface area contributed by atoms with Gasteiger partial charge < -0.3 is 15.1 Å². The largest absolute Gasteiger partial charge is 0.356 e. The highest BCUT2D eigenvalue weighted by molar-refractivity contribution is 7.98. The Balaban J connectivity index is 1.84. The number of nitrogens with zero attached hydrogens (tertiary/aromatic N) is 5. The second-order valence-corrected chi connectivity index (χ2v) is 6.50. The fraction of sp³-hybridized carbons (Fsp3) is 0.667. The molecule has 8 heteroatoms. The smallest absolute Gasteiger partial charge is 0.246 e. The van der Waals surface area contributed by atoms with Gasteiger partial charge in [-0.1, -0.05) is 0 Å². The first-order valence-corrected chi connectivity index (χ1v) is 9.28. The molecule has 0 atom stereocenters. The maximum absolute atomic E-state index is 12.4. The Bertz CT molecular complexity index is 544. The van der Waals surface area contributed by atoms with Crippen LogP contribution in [0.1, 0.15) is 12.8 Å². The third-order valence-corrected chi connectivity index (χ3v) is 4.49. The molecule has 0 bridgehead atoms. The van der Waals surface area contributed by atoms with Gasteiger partial charge >= 0.3 is 0 Å². The van der Waals surface area contributed by atoms with Crippen molar-refractivity contribution in [1.29, 1.82) is 0 Å². The highest BCUT2D eigenvalue weighted by atomic mass is 32.2. The molecule has 0 spiro atoms. The number of carbonyl (C=O) groups excluding carboxylic acids is 1. The third-order valence-electron chi connectivity index (χ3n) is 3.79. The SMILES string of the molecule is CN=C(NCCCCSC)N1CCN(c2cnn(C)c2)C(=O)C1. The van der Waals surface area contributed by atoms with E-state index in [0.29, 0.717) is 13.1 Å². The predicted molar refractivity (Wildman–Crippen MR) is 96.1 cm³/mol. The molecule has 0 aliphatic carbocycles. The number of unbranched alkanes of at least 4 members (excludes halogenated alkanes) is 1. The van der Waals surface area contributed by atoms with Gasteiger partial charge in [0.05, 0.1) is 11.9 Å². The lowest BCUT2D eigenvalue weighted by molar-refractivity contribution is -0.120. The van der Waals surface area contributed by atoms with E-state index >= 15 is 0 Å². The number of guanidine groups is 1. The molecule has 128 valence electrons. The minimum atomic E-state index is 0.0783. The van der Waals surface area contributed by atoms with Crippen LogP contribution in [0.4, 0.5) is 5.69 Å². The molecule has 1 aliphatic rings. The molecule has 1 N–H and O–H groups in total. The van der Waals surface area contributed by atoms with E-state index in [9.17, 15) is 4.79 Å². The molecule has 1 aliphatic heterocycles. The van der Waals surface area contributed by atoms with Gasteiger partial charge in [0.2, 0.25) is 5.91 Å². The summed E-state index contributed by atoms with van der Waals surface area (Å²) in [7, 11) is 3.62. The van der Waals surface area contributed by atoms with E-state index in [0.717, 1.165) is 31.2 Å². The van der Waals surface area contributed by atoms with E-state index in [-0.39, 0.29) is 5.91 Å². The number of anilines is 1. The summed E-state index contributed by atoms with van der Waals surface area (Å²) in [6, 6.07) is 0. The van der Waals surface area contributed by atoms with Gasteiger partial charge in [0.1, 0.15) is 6.54 Å². The lowest BCUT2D eigenvalue weighted by atomic mass is 10.3. The normalized spacial score (nSPS) is 16.1. The zero-order valence-electron chi connectivity index (χ0n) is 14.2. The number of piperazine rings is 1. The van der Waals surface area contributed by atoms with Crippen LogP contribution in [-0.4, -0.2) is 71.8 Å². The van der Waals surface area contributed by atoms with E-state index in [1.165, 1.54) is 12.2 Å². The van der Waals surface area contributed by atoms with Crippen LogP contribution in [0.5, 0.6) is 0 Å². The standard InChI is InChI=1S/C15H26N6OS/c1-16-15(17-6-4-5-9-23-3)20-7-8-21(14(22)12-20)13-10-18-19(2)11-13/h10-11H,4-9,12H2,1-3H3,(H,16,17). The molecule has 1 fully saturated rings. The summed E-state index contributed by atoms with van der Waals surface area (Å²) in [5.41, 5.74) is 0.858. The first-order chi connectivity index (χ1) is 11.2. The molecule has 7 nitrogen and oxygen atoms in total. The average Bonchev–Trinajstić information content (AvgIpc) is 2.97. The molecule has 0 radical (unpaired) electrons. The van der Waals surface area contributed by atoms with Crippen molar-refractivity contribution in [3.8, 4) is 0 Å². The molecule has 2 rings (SSSR count). The van der Waals surface area contributed by atoms with Crippen LogP contribution < -0.4 is 10.2 Å². The number of carbonyl (C=O) groups is 1. The highest BCUT2D eigenvalue weighted by Crippen LogP contribution is 2.16. The minimum Gasteiger partial charge on any atom is -0.356 e. The first-order valence-electron chi connectivity index (χ1n) is 7.89. The molecule has 23 heavy (non-hydrogen) atoms. The Hall–Kier alpha value is -1.70. The van der Waals surface area contributed by atoms with Crippen molar-refractivity contribution >= 4 is 29.3 Å². The van der Waals surface area contributed by atoms with Crippen LogP contribution in [0, 0.1) is 0 Å². The Morgan fingerprint density at radius 1 is 1.43 bits per heavy atom. The van der Waals surface area contributed by atoms with Crippen molar-refractivity contribution in [1.82, 2.24) is 20.0 Å². The Morgan fingerprint density at radius 3 is 2.87 bits per heavy atom. The Kier molecular flexibility index (Phi) is 6.76. The maximum atomic E-state index is 12.4. The minimum absolute atomic E-state index is 0.0783. The number of aromatic nitrogens is 2. The molecule has 2 heterocycles. The lowest BCUT2D eigenvalue weighted by Crippen LogP contribution is -2.55. The number of nitrogens with one attached hydrogen (secondary N) is 1. The second-order valence-electron chi connectivity index (χ2n) is 5.51. The number of aryl methyl sites for hydroxylation is 1. The van der Waals surface area contributed by atoms with Crippen molar-refractivity contribution in [3.05, 3.63) is 12.4 Å². The van der Waals surface area contributed by atoms with Gasteiger partial charge in [-0.2, -0.15) is 16.9 Å². The Morgan fingerprint density at radius 2 is 2.26 bits per heavy atom. The monoisotopic (exact) mass is 338 g/mol. The zero-order valence-corrected chi connectivity index (χ0v) is 15.0. The fourth-order valence-electron chi connectivity index (χ4n) is 2.58. The molecule has 0 saturated carbocycles. The van der Waals surface area contributed by atoms with Crippen molar-refractivity contribution in [2.24, 2.45) is 12.0 Å². The van der Waals surface area contributed by atoms with E-state index in [2.05, 4.69) is 21.7 Å². The summed E-state index contributed by atoms with van der Waals surface area (Å²) in [6.07, 6.45) is 8.03. The van der Waals surface area contributed by atoms with Gasteiger partial charge in [-0.3, -0.25) is 14.5 Å². The van der Waals surface area contributed by atoms with Gasteiger partial charge in [0.25, 0.3) is 0 Å². The van der Waals surface area contributed by atoms with Crippen LogP contribution >= 0.6 is 11.8 Å². The number of amides is 1. The molecular formula is C15H26N6OS. The molecular weight excluding hydrogens is 312 g/mol. The zero-order chi connectivity index (χ0) is 16.7. The van der Waals surface area contributed by atoms with Gasteiger partial charge in [-0.05, 0) is 24.9 Å². The first kappa shape index (κ1) is 17.7. The third kappa shape index (κ3) is 4.89. The molecule has 1 saturated heterocycles. The Labute approximate surface area is 142 Å². The summed E-state index contributed by atoms with van der Waals surface area (Å²) >= 11 is 1.87. The topological polar surface area (TPSA) is 65.8 Å². The number of hydrogen-bond acceptors (Lipinski definition) is 4. The van der Waals surface area contributed by atoms with Crippen LogP contribution in [0.15, 0.2) is 17.4 Å². The van der Waals surface area contributed by atoms with Gasteiger partial charge in [-0.25, -0.2) is 0 Å². The second kappa shape index (κ2) is 8.81. The lowest BCUT2D eigenvalue weighted by Gasteiger charge is -2.35.